The molecule has 1 aliphatic carbocycles. The quantitative estimate of drug-likeness (QED) is 0.854. The molecule has 17 heavy (non-hydrogen) atoms. The fourth-order valence-electron chi connectivity index (χ4n) is 3.50. The van der Waals surface area contributed by atoms with E-state index in [1.54, 1.807) is 0 Å². The van der Waals surface area contributed by atoms with E-state index < -0.39 is 0 Å². The molecule has 1 fully saturated rings. The molecule has 0 aromatic carbocycles. The third-order valence-electron chi connectivity index (χ3n) is 4.19. The summed E-state index contributed by atoms with van der Waals surface area (Å²) in [6.07, 6.45) is 5.43. The molecule has 2 rings (SSSR count). The van der Waals surface area contributed by atoms with E-state index in [2.05, 4.69) is 43.0 Å². The first-order valence-electron chi connectivity index (χ1n) is 6.87. The third-order valence-corrected chi connectivity index (χ3v) is 4.92. The van der Waals surface area contributed by atoms with E-state index in [1.807, 2.05) is 11.3 Å². The highest BCUT2D eigenvalue weighted by molar-refractivity contribution is 7.07. The van der Waals surface area contributed by atoms with Crippen LogP contribution in [0.1, 0.15) is 38.7 Å². The fraction of sp³-hybridized carbons (Fsp3) is 0.733. The van der Waals surface area contributed by atoms with E-state index in [9.17, 15) is 0 Å². The fourth-order valence-corrected chi connectivity index (χ4v) is 4.19. The van der Waals surface area contributed by atoms with Gasteiger partial charge in [0.25, 0.3) is 0 Å². The van der Waals surface area contributed by atoms with Gasteiger partial charge in [0.2, 0.25) is 0 Å². The van der Waals surface area contributed by atoms with Crippen LogP contribution >= 0.6 is 11.3 Å². The Morgan fingerprint density at radius 3 is 2.53 bits per heavy atom. The largest absolute Gasteiger partial charge is 0.316 e. The number of nitrogens with one attached hydrogen (secondary N) is 1. The van der Waals surface area contributed by atoms with Gasteiger partial charge < -0.3 is 5.32 Å². The summed E-state index contributed by atoms with van der Waals surface area (Å²) in [5.74, 6) is 2.67. The molecule has 1 nitrogen and oxygen atoms in total. The average molecular weight is 251 g/mol. The van der Waals surface area contributed by atoms with Crippen LogP contribution in [0.4, 0.5) is 0 Å². The van der Waals surface area contributed by atoms with Crippen molar-refractivity contribution in [3.05, 3.63) is 22.4 Å². The standard InChI is InChI=1S/C15H25NS/c1-11-6-12(2)8-14(7-11)15(16-3)9-13-4-5-17-10-13/h4-5,10-12,14-16H,6-9H2,1-3H3. The van der Waals surface area contributed by atoms with Crippen LogP contribution in [0.5, 0.6) is 0 Å². The van der Waals surface area contributed by atoms with Crippen molar-refractivity contribution in [3.8, 4) is 0 Å². The summed E-state index contributed by atoms with van der Waals surface area (Å²) in [7, 11) is 2.13. The first-order valence-corrected chi connectivity index (χ1v) is 7.81. The van der Waals surface area contributed by atoms with Gasteiger partial charge >= 0.3 is 0 Å². The summed E-state index contributed by atoms with van der Waals surface area (Å²) in [6.45, 7) is 4.83. The molecule has 1 aliphatic rings. The topological polar surface area (TPSA) is 12.0 Å². The number of rotatable bonds is 4. The maximum Gasteiger partial charge on any atom is 0.0133 e. The van der Waals surface area contributed by atoms with Crippen LogP contribution in [-0.4, -0.2) is 13.1 Å². The minimum atomic E-state index is 0.662. The highest BCUT2D eigenvalue weighted by atomic mass is 32.1. The molecule has 1 aromatic rings. The van der Waals surface area contributed by atoms with Crippen molar-refractivity contribution in [2.75, 3.05) is 7.05 Å². The van der Waals surface area contributed by atoms with Crippen molar-refractivity contribution in [1.29, 1.82) is 0 Å². The van der Waals surface area contributed by atoms with Crippen molar-refractivity contribution in [1.82, 2.24) is 5.32 Å². The molecule has 0 aliphatic heterocycles. The van der Waals surface area contributed by atoms with Crippen molar-refractivity contribution < 1.29 is 0 Å². The smallest absolute Gasteiger partial charge is 0.0133 e. The van der Waals surface area contributed by atoms with E-state index in [1.165, 1.54) is 31.2 Å². The summed E-state index contributed by atoms with van der Waals surface area (Å²) in [4.78, 5) is 0. The molecule has 0 saturated heterocycles. The third kappa shape index (κ3) is 3.56. The van der Waals surface area contributed by atoms with Crippen molar-refractivity contribution in [2.45, 2.75) is 45.6 Å². The number of thiophene rings is 1. The molecule has 1 N–H and O–H groups in total. The van der Waals surface area contributed by atoms with E-state index in [4.69, 9.17) is 0 Å². The summed E-state index contributed by atoms with van der Waals surface area (Å²) in [5, 5.41) is 8.04. The van der Waals surface area contributed by atoms with Crippen LogP contribution in [0.2, 0.25) is 0 Å². The first kappa shape index (κ1) is 13.1. The monoisotopic (exact) mass is 251 g/mol. The molecule has 3 unspecified atom stereocenters. The zero-order chi connectivity index (χ0) is 12.3. The van der Waals surface area contributed by atoms with Gasteiger partial charge in [0.15, 0.2) is 0 Å². The second kappa shape index (κ2) is 6.01. The van der Waals surface area contributed by atoms with Gasteiger partial charge in [0.05, 0.1) is 0 Å². The van der Waals surface area contributed by atoms with Gasteiger partial charge in [-0.15, -0.1) is 0 Å². The lowest BCUT2D eigenvalue weighted by atomic mass is 9.73. The Morgan fingerprint density at radius 2 is 2.00 bits per heavy atom. The lowest BCUT2D eigenvalue weighted by molar-refractivity contribution is 0.179. The van der Waals surface area contributed by atoms with E-state index in [0.29, 0.717) is 6.04 Å². The van der Waals surface area contributed by atoms with E-state index >= 15 is 0 Å². The molecule has 1 heterocycles. The van der Waals surface area contributed by atoms with Crippen LogP contribution in [0.15, 0.2) is 16.8 Å². The van der Waals surface area contributed by atoms with Gasteiger partial charge in [0, 0.05) is 6.04 Å². The SMILES string of the molecule is CNC(Cc1ccsc1)C1CC(C)CC(C)C1. The minimum absolute atomic E-state index is 0.662. The van der Waals surface area contributed by atoms with Crippen molar-refractivity contribution in [2.24, 2.45) is 17.8 Å². The van der Waals surface area contributed by atoms with E-state index in [0.717, 1.165) is 17.8 Å². The molecule has 1 aromatic heterocycles. The molecule has 0 bridgehead atoms. The Balaban J connectivity index is 1.97. The molecule has 0 spiro atoms. The van der Waals surface area contributed by atoms with Gasteiger partial charge in [-0.2, -0.15) is 11.3 Å². The predicted octanol–water partition coefficient (Wildman–Crippen LogP) is 3.95. The predicted molar refractivity (Wildman–Crippen MR) is 76.5 cm³/mol. The van der Waals surface area contributed by atoms with Crippen LogP contribution in [0.3, 0.4) is 0 Å². The summed E-state index contributed by atoms with van der Waals surface area (Å²) >= 11 is 1.81. The Bertz CT molecular complexity index is 310. The van der Waals surface area contributed by atoms with Gasteiger partial charge in [-0.3, -0.25) is 0 Å². The highest BCUT2D eigenvalue weighted by Gasteiger charge is 2.29. The zero-order valence-electron chi connectivity index (χ0n) is 11.3. The van der Waals surface area contributed by atoms with Gasteiger partial charge in [-0.25, -0.2) is 0 Å². The molecular weight excluding hydrogens is 226 g/mol. The van der Waals surface area contributed by atoms with Gasteiger partial charge in [-0.1, -0.05) is 13.8 Å². The Morgan fingerprint density at radius 1 is 1.29 bits per heavy atom. The normalized spacial score (nSPS) is 31.4. The maximum atomic E-state index is 3.56. The van der Waals surface area contributed by atoms with Crippen LogP contribution in [-0.2, 0) is 6.42 Å². The summed E-state index contributed by atoms with van der Waals surface area (Å²) in [5.41, 5.74) is 1.50. The maximum absolute atomic E-state index is 3.56. The Kier molecular flexibility index (Phi) is 4.63. The second-order valence-corrected chi connectivity index (χ2v) is 6.69. The molecular formula is C15H25NS. The van der Waals surface area contributed by atoms with Crippen molar-refractivity contribution >= 4 is 11.3 Å². The number of hydrogen-bond donors (Lipinski definition) is 1. The number of likely N-dealkylation sites (N-methyl/N-ethyl adjacent to an activating group) is 1. The van der Waals surface area contributed by atoms with Crippen molar-refractivity contribution in [3.63, 3.8) is 0 Å². The summed E-state index contributed by atoms with van der Waals surface area (Å²) < 4.78 is 0. The molecule has 0 amide bonds. The molecule has 0 radical (unpaired) electrons. The minimum Gasteiger partial charge on any atom is -0.316 e. The van der Waals surface area contributed by atoms with Crippen LogP contribution in [0.25, 0.3) is 0 Å². The van der Waals surface area contributed by atoms with Gasteiger partial charge in [-0.05, 0) is 72.9 Å². The lowest BCUT2D eigenvalue weighted by Gasteiger charge is -2.36. The second-order valence-electron chi connectivity index (χ2n) is 5.91. The lowest BCUT2D eigenvalue weighted by Crippen LogP contribution is -2.39. The molecule has 2 heteroatoms. The first-order chi connectivity index (χ1) is 8.19. The molecule has 96 valence electrons. The number of hydrogen-bond acceptors (Lipinski definition) is 2. The molecule has 1 saturated carbocycles. The van der Waals surface area contributed by atoms with Crippen LogP contribution in [0, 0.1) is 17.8 Å². The Labute approximate surface area is 110 Å². The van der Waals surface area contributed by atoms with Crippen LogP contribution < -0.4 is 5.32 Å². The van der Waals surface area contributed by atoms with E-state index in [-0.39, 0.29) is 0 Å². The molecule has 3 atom stereocenters. The average Bonchev–Trinajstić information content (AvgIpc) is 2.77. The summed E-state index contributed by atoms with van der Waals surface area (Å²) in [6, 6.07) is 2.93. The Hall–Kier alpha value is -0.340. The highest BCUT2D eigenvalue weighted by Crippen LogP contribution is 2.35. The zero-order valence-corrected chi connectivity index (χ0v) is 12.1. The van der Waals surface area contributed by atoms with Gasteiger partial charge in [0.1, 0.15) is 0 Å².